The molecule has 0 bridgehead atoms. The van der Waals surface area contributed by atoms with E-state index >= 15 is 0 Å². The van der Waals surface area contributed by atoms with E-state index in [-0.39, 0.29) is 24.8 Å². The molecule has 0 N–H and O–H groups in total. The van der Waals surface area contributed by atoms with Gasteiger partial charge in [-0.05, 0) is 35.4 Å². The molecule has 6 heteroatoms. The van der Waals surface area contributed by atoms with Crippen LogP contribution in [0.25, 0.3) is 22.5 Å². The minimum Gasteiger partial charge on any atom is -1.00 e. The lowest BCUT2D eigenvalue weighted by molar-refractivity contribution is -0.596. The molecule has 0 fully saturated rings. The van der Waals surface area contributed by atoms with Crippen LogP contribution in [0.5, 0.6) is 0 Å². The summed E-state index contributed by atoms with van der Waals surface area (Å²) in [5, 5.41) is 17.8. The lowest BCUT2D eigenvalue weighted by Gasteiger charge is -2.01. The van der Waals surface area contributed by atoms with Gasteiger partial charge < -0.3 is 24.8 Å². The summed E-state index contributed by atoms with van der Waals surface area (Å²) >= 11 is 0. The second-order valence-corrected chi connectivity index (χ2v) is 6.31. The standard InChI is InChI=1S/C24H16N4.2ClH/c25-17-19-1-5-23(6-2-19)27-13-9-21(10-14-27)22-11-15-28(16-12-22)24-7-3-20(18-26)4-8-24;;/h1-16H;2*1H/q+2;;/p-2. The molecule has 0 radical (unpaired) electrons. The molecule has 2 heterocycles. The number of aromatic nitrogens is 2. The van der Waals surface area contributed by atoms with Crippen molar-refractivity contribution in [2.24, 2.45) is 0 Å². The highest BCUT2D eigenvalue weighted by Crippen LogP contribution is 2.17. The van der Waals surface area contributed by atoms with Gasteiger partial charge >= 0.3 is 0 Å². The Bertz CT molecular complexity index is 1090. The third-order valence-electron chi connectivity index (χ3n) is 4.58. The summed E-state index contributed by atoms with van der Waals surface area (Å²) in [5.41, 5.74) is 5.57. The van der Waals surface area contributed by atoms with Gasteiger partial charge in [-0.15, -0.1) is 0 Å². The summed E-state index contributed by atoms with van der Waals surface area (Å²) in [6.45, 7) is 0. The van der Waals surface area contributed by atoms with Gasteiger partial charge in [0, 0.05) is 48.5 Å². The van der Waals surface area contributed by atoms with E-state index in [1.807, 2.05) is 82.5 Å². The highest BCUT2D eigenvalue weighted by molar-refractivity contribution is 5.61. The number of nitrogens with zero attached hydrogens (tertiary/aromatic N) is 4. The quantitative estimate of drug-likeness (QED) is 0.342. The predicted molar refractivity (Wildman–Crippen MR) is 104 cm³/mol. The van der Waals surface area contributed by atoms with E-state index in [2.05, 4.69) is 36.4 Å². The maximum atomic E-state index is 8.91. The average Bonchev–Trinajstić information content (AvgIpc) is 2.79. The Balaban J connectivity index is 0.00000160. The molecule has 2 aromatic heterocycles. The summed E-state index contributed by atoms with van der Waals surface area (Å²) < 4.78 is 4.04. The zero-order valence-electron chi connectivity index (χ0n) is 15.8. The third-order valence-corrected chi connectivity index (χ3v) is 4.58. The van der Waals surface area contributed by atoms with Gasteiger partial charge in [0.25, 0.3) is 0 Å². The van der Waals surface area contributed by atoms with Crippen molar-refractivity contribution in [1.82, 2.24) is 0 Å². The highest BCUT2D eigenvalue weighted by Gasteiger charge is 2.09. The van der Waals surface area contributed by atoms with Gasteiger partial charge in [-0.25, -0.2) is 0 Å². The van der Waals surface area contributed by atoms with Crippen LogP contribution < -0.4 is 33.9 Å². The van der Waals surface area contributed by atoms with Crippen LogP contribution in [-0.4, -0.2) is 0 Å². The van der Waals surface area contributed by atoms with Crippen molar-refractivity contribution < 1.29 is 33.9 Å². The summed E-state index contributed by atoms with van der Waals surface area (Å²) in [5.74, 6) is 0. The first-order valence-electron chi connectivity index (χ1n) is 8.81. The van der Waals surface area contributed by atoms with Crippen molar-refractivity contribution >= 4 is 0 Å². The molecule has 2 aromatic carbocycles. The Hall–Kier alpha value is -3.70. The van der Waals surface area contributed by atoms with Crippen LogP contribution in [-0.2, 0) is 0 Å². The van der Waals surface area contributed by atoms with E-state index in [1.165, 1.54) is 0 Å². The number of nitriles is 2. The molecular formula is C24H16Cl2N4. The maximum Gasteiger partial charge on any atom is 0.210 e. The van der Waals surface area contributed by atoms with Gasteiger partial charge in [-0.2, -0.15) is 19.7 Å². The molecule has 0 atom stereocenters. The van der Waals surface area contributed by atoms with Crippen molar-refractivity contribution in [3.05, 3.63) is 109 Å². The van der Waals surface area contributed by atoms with Crippen LogP contribution in [0, 0.1) is 22.7 Å². The molecule has 146 valence electrons. The van der Waals surface area contributed by atoms with E-state index in [0.29, 0.717) is 11.1 Å². The maximum absolute atomic E-state index is 8.91. The molecular weight excluding hydrogens is 415 g/mol. The Labute approximate surface area is 187 Å². The fourth-order valence-electron chi connectivity index (χ4n) is 3.00. The molecule has 0 saturated carbocycles. The first kappa shape index (κ1) is 22.6. The molecule has 0 saturated heterocycles. The normalized spacial score (nSPS) is 9.40. The molecule has 0 amide bonds. The van der Waals surface area contributed by atoms with Crippen molar-refractivity contribution in [3.8, 4) is 34.6 Å². The largest absolute Gasteiger partial charge is 1.00 e. The van der Waals surface area contributed by atoms with Crippen LogP contribution in [0.15, 0.2) is 97.6 Å². The van der Waals surface area contributed by atoms with E-state index in [0.717, 1.165) is 22.5 Å². The van der Waals surface area contributed by atoms with Crippen molar-refractivity contribution in [2.75, 3.05) is 0 Å². The Morgan fingerprint density at radius 3 is 1.03 bits per heavy atom. The minimum atomic E-state index is 0. The Kier molecular flexibility index (Phi) is 7.67. The average molecular weight is 431 g/mol. The van der Waals surface area contributed by atoms with Gasteiger partial charge in [0.15, 0.2) is 24.8 Å². The van der Waals surface area contributed by atoms with E-state index in [4.69, 9.17) is 10.5 Å². The van der Waals surface area contributed by atoms with Crippen LogP contribution in [0.3, 0.4) is 0 Å². The lowest BCUT2D eigenvalue weighted by atomic mass is 10.1. The molecule has 0 unspecified atom stereocenters. The zero-order valence-corrected chi connectivity index (χ0v) is 17.3. The summed E-state index contributed by atoms with van der Waals surface area (Å²) in [6.07, 6.45) is 8.05. The fourth-order valence-corrected chi connectivity index (χ4v) is 3.00. The second kappa shape index (κ2) is 10.2. The summed E-state index contributed by atoms with van der Waals surface area (Å²) in [6, 6.07) is 27.5. The number of pyridine rings is 2. The highest BCUT2D eigenvalue weighted by atomic mass is 35.5. The predicted octanol–water partition coefficient (Wildman–Crippen LogP) is -2.34. The van der Waals surface area contributed by atoms with Gasteiger partial charge in [-0.1, -0.05) is 0 Å². The van der Waals surface area contributed by atoms with Gasteiger partial charge in [0.05, 0.1) is 23.3 Å². The minimum absolute atomic E-state index is 0. The van der Waals surface area contributed by atoms with E-state index < -0.39 is 0 Å². The molecule has 0 aliphatic heterocycles. The molecule has 4 rings (SSSR count). The van der Waals surface area contributed by atoms with E-state index in [9.17, 15) is 0 Å². The third kappa shape index (κ3) is 4.82. The van der Waals surface area contributed by atoms with Gasteiger partial charge in [0.2, 0.25) is 11.4 Å². The van der Waals surface area contributed by atoms with Crippen LogP contribution >= 0.6 is 0 Å². The first-order chi connectivity index (χ1) is 13.8. The SMILES string of the molecule is N#Cc1ccc(-[n+]2ccc(-c3cc[n+](-c4ccc(C#N)cc4)cc3)cc2)cc1.[Cl-].[Cl-]. The Morgan fingerprint density at radius 2 is 0.767 bits per heavy atom. The molecule has 4 nitrogen and oxygen atoms in total. The first-order valence-corrected chi connectivity index (χ1v) is 8.81. The number of hydrogen-bond acceptors (Lipinski definition) is 2. The van der Waals surface area contributed by atoms with Crippen LogP contribution in [0.2, 0.25) is 0 Å². The number of rotatable bonds is 3. The summed E-state index contributed by atoms with van der Waals surface area (Å²) in [7, 11) is 0. The van der Waals surface area contributed by atoms with Crippen molar-refractivity contribution in [1.29, 1.82) is 10.5 Å². The summed E-state index contributed by atoms with van der Waals surface area (Å²) in [4.78, 5) is 0. The van der Waals surface area contributed by atoms with E-state index in [1.54, 1.807) is 0 Å². The van der Waals surface area contributed by atoms with Crippen LogP contribution in [0.4, 0.5) is 0 Å². The monoisotopic (exact) mass is 430 g/mol. The topological polar surface area (TPSA) is 55.3 Å². The van der Waals surface area contributed by atoms with Gasteiger partial charge in [0.1, 0.15) is 0 Å². The van der Waals surface area contributed by atoms with Crippen molar-refractivity contribution in [2.45, 2.75) is 0 Å². The number of halogens is 2. The molecule has 0 aliphatic carbocycles. The number of benzene rings is 2. The molecule has 0 spiro atoms. The fraction of sp³-hybridized carbons (Fsp3) is 0. The molecule has 0 aliphatic rings. The van der Waals surface area contributed by atoms with Gasteiger partial charge in [-0.3, -0.25) is 0 Å². The second-order valence-electron chi connectivity index (χ2n) is 6.31. The smallest absolute Gasteiger partial charge is 0.210 e. The molecule has 30 heavy (non-hydrogen) atoms. The zero-order chi connectivity index (χ0) is 19.3. The van der Waals surface area contributed by atoms with Crippen molar-refractivity contribution in [3.63, 3.8) is 0 Å². The number of hydrogen-bond donors (Lipinski definition) is 0. The lowest BCUT2D eigenvalue weighted by Crippen LogP contribution is -3.00. The molecule has 4 aromatic rings. The Morgan fingerprint density at radius 1 is 0.467 bits per heavy atom. The van der Waals surface area contributed by atoms with Crippen LogP contribution in [0.1, 0.15) is 11.1 Å².